The predicted octanol–water partition coefficient (Wildman–Crippen LogP) is 0.141. The normalized spacial score (nSPS) is 11.9. The van der Waals surface area contributed by atoms with E-state index < -0.39 is 10.0 Å². The van der Waals surface area contributed by atoms with Crippen LogP contribution in [0.15, 0.2) is 0 Å². The average Bonchev–Trinajstić information content (AvgIpc) is 2.38. The van der Waals surface area contributed by atoms with E-state index in [0.717, 1.165) is 12.8 Å². The highest BCUT2D eigenvalue weighted by molar-refractivity contribution is 7.89. The van der Waals surface area contributed by atoms with Crippen molar-refractivity contribution in [3.63, 3.8) is 0 Å². The van der Waals surface area contributed by atoms with E-state index in [1.807, 2.05) is 0 Å². The molecule has 2 N–H and O–H groups in total. The highest BCUT2D eigenvalue weighted by Gasteiger charge is 2.01. The molecule has 0 aromatic carbocycles. The van der Waals surface area contributed by atoms with Crippen LogP contribution in [-0.2, 0) is 29.0 Å². The molecule has 0 heterocycles. The minimum absolute atomic E-state index is 0.0409. The van der Waals surface area contributed by atoms with E-state index in [1.54, 1.807) is 7.11 Å². The number of hydrogen-bond donors (Lipinski definition) is 1. The van der Waals surface area contributed by atoms with Gasteiger partial charge in [-0.1, -0.05) is 6.42 Å². The molecule has 0 unspecified atom stereocenters. The van der Waals surface area contributed by atoms with Crippen molar-refractivity contribution in [1.29, 1.82) is 0 Å². The molecule has 0 saturated heterocycles. The summed E-state index contributed by atoms with van der Waals surface area (Å²) < 4.78 is 42.0. The maximum absolute atomic E-state index is 10.7. The molecule has 0 saturated carbocycles. The number of nitrogens with two attached hydrogens (primary N) is 1. The Morgan fingerprint density at radius 2 is 1.25 bits per heavy atom. The molecule has 0 rings (SSSR count). The first-order chi connectivity index (χ1) is 9.56. The van der Waals surface area contributed by atoms with Gasteiger partial charge < -0.3 is 18.9 Å². The van der Waals surface area contributed by atoms with E-state index in [2.05, 4.69) is 0 Å². The fraction of sp³-hybridized carbons (Fsp3) is 1.00. The topological polar surface area (TPSA) is 97.1 Å². The van der Waals surface area contributed by atoms with Gasteiger partial charge in [0.05, 0.1) is 45.4 Å². The van der Waals surface area contributed by atoms with Crippen molar-refractivity contribution in [3.05, 3.63) is 0 Å². The molecule has 20 heavy (non-hydrogen) atoms. The van der Waals surface area contributed by atoms with Gasteiger partial charge in [0.2, 0.25) is 10.0 Å². The third-order valence-electron chi connectivity index (χ3n) is 2.39. The predicted molar refractivity (Wildman–Crippen MR) is 76.2 cm³/mol. The molecule has 0 bridgehead atoms. The average molecular weight is 313 g/mol. The molecule has 0 aromatic rings. The van der Waals surface area contributed by atoms with Gasteiger partial charge in [0.1, 0.15) is 0 Å². The maximum Gasteiger partial charge on any atom is 0.209 e. The van der Waals surface area contributed by atoms with Crippen LogP contribution in [0, 0.1) is 0 Å². The molecule has 0 fully saturated rings. The van der Waals surface area contributed by atoms with Gasteiger partial charge in [-0.25, -0.2) is 13.6 Å². The molecular formula is C12H27NO6S. The van der Waals surface area contributed by atoms with Gasteiger partial charge in [0, 0.05) is 13.7 Å². The SMILES string of the molecule is COCCOCCOCCOCCCCCS(N)(=O)=O. The Morgan fingerprint density at radius 1 is 0.750 bits per heavy atom. The Labute approximate surface area is 121 Å². The Kier molecular flexibility index (Phi) is 13.5. The molecule has 0 aliphatic heterocycles. The Balaban J connectivity index is 3.03. The summed E-state index contributed by atoms with van der Waals surface area (Å²) in [5, 5.41) is 4.89. The summed E-state index contributed by atoms with van der Waals surface area (Å²) in [5.74, 6) is 0.0409. The molecule has 0 radical (unpaired) electrons. The number of unbranched alkanes of at least 4 members (excludes halogenated alkanes) is 2. The van der Waals surface area contributed by atoms with Crippen LogP contribution in [0.4, 0.5) is 0 Å². The van der Waals surface area contributed by atoms with E-state index in [-0.39, 0.29) is 5.75 Å². The summed E-state index contributed by atoms with van der Waals surface area (Å²) in [5.41, 5.74) is 0. The van der Waals surface area contributed by atoms with Crippen molar-refractivity contribution in [3.8, 4) is 0 Å². The molecule has 0 spiro atoms. The number of methoxy groups -OCH3 is 1. The smallest absolute Gasteiger partial charge is 0.209 e. The number of sulfonamides is 1. The summed E-state index contributed by atoms with van der Waals surface area (Å²) in [7, 11) is -1.69. The minimum atomic E-state index is -3.32. The van der Waals surface area contributed by atoms with Gasteiger partial charge in [-0.15, -0.1) is 0 Å². The molecular weight excluding hydrogens is 286 g/mol. The van der Waals surface area contributed by atoms with Gasteiger partial charge in [-0.05, 0) is 12.8 Å². The molecule has 0 amide bonds. The molecule has 0 aromatic heterocycles. The largest absolute Gasteiger partial charge is 0.382 e. The molecule has 7 nitrogen and oxygen atoms in total. The van der Waals surface area contributed by atoms with Crippen molar-refractivity contribution in [1.82, 2.24) is 0 Å². The summed E-state index contributed by atoms with van der Waals surface area (Å²) in [4.78, 5) is 0. The minimum Gasteiger partial charge on any atom is -0.382 e. The highest BCUT2D eigenvalue weighted by atomic mass is 32.2. The van der Waals surface area contributed by atoms with E-state index in [9.17, 15) is 8.42 Å². The summed E-state index contributed by atoms with van der Waals surface area (Å²) in [6, 6.07) is 0. The lowest BCUT2D eigenvalue weighted by molar-refractivity contribution is 0.00327. The maximum atomic E-state index is 10.7. The zero-order valence-corrected chi connectivity index (χ0v) is 13.0. The second kappa shape index (κ2) is 13.7. The summed E-state index contributed by atoms with van der Waals surface area (Å²) in [6.45, 7) is 3.94. The fourth-order valence-electron chi connectivity index (χ4n) is 1.37. The first-order valence-electron chi connectivity index (χ1n) is 6.79. The fourth-order valence-corrected chi connectivity index (χ4v) is 1.97. The first kappa shape index (κ1) is 19.8. The van der Waals surface area contributed by atoms with Gasteiger partial charge in [0.15, 0.2) is 0 Å². The van der Waals surface area contributed by atoms with Crippen LogP contribution in [0.1, 0.15) is 19.3 Å². The van der Waals surface area contributed by atoms with Crippen molar-refractivity contribution < 1.29 is 27.4 Å². The first-order valence-corrected chi connectivity index (χ1v) is 8.50. The zero-order valence-electron chi connectivity index (χ0n) is 12.2. The Hall–Kier alpha value is -0.250. The van der Waals surface area contributed by atoms with Crippen LogP contribution in [0.5, 0.6) is 0 Å². The second-order valence-corrected chi connectivity index (χ2v) is 5.99. The Morgan fingerprint density at radius 3 is 1.75 bits per heavy atom. The van der Waals surface area contributed by atoms with Crippen LogP contribution < -0.4 is 5.14 Å². The molecule has 0 aliphatic rings. The number of hydrogen-bond acceptors (Lipinski definition) is 6. The van der Waals surface area contributed by atoms with Crippen LogP contribution in [0.3, 0.4) is 0 Å². The van der Waals surface area contributed by atoms with Crippen molar-refractivity contribution in [2.75, 3.05) is 59.1 Å². The zero-order chi connectivity index (χ0) is 15.1. The molecule has 8 heteroatoms. The van der Waals surface area contributed by atoms with Crippen LogP contribution in [-0.4, -0.2) is 67.5 Å². The molecule has 0 atom stereocenters. The van der Waals surface area contributed by atoms with Crippen LogP contribution >= 0.6 is 0 Å². The quantitative estimate of drug-likeness (QED) is 0.432. The van der Waals surface area contributed by atoms with E-state index in [1.165, 1.54) is 0 Å². The molecule has 0 aliphatic carbocycles. The van der Waals surface area contributed by atoms with Crippen molar-refractivity contribution >= 4 is 10.0 Å². The monoisotopic (exact) mass is 313 g/mol. The van der Waals surface area contributed by atoms with Gasteiger partial charge >= 0.3 is 0 Å². The van der Waals surface area contributed by atoms with E-state index in [4.69, 9.17) is 24.1 Å². The van der Waals surface area contributed by atoms with Gasteiger partial charge in [0.25, 0.3) is 0 Å². The van der Waals surface area contributed by atoms with Crippen LogP contribution in [0.25, 0.3) is 0 Å². The van der Waals surface area contributed by atoms with Crippen molar-refractivity contribution in [2.24, 2.45) is 5.14 Å². The van der Waals surface area contributed by atoms with E-state index >= 15 is 0 Å². The standard InChI is InChI=1S/C12H27NO6S/c1-16-6-7-18-10-11-19-9-8-17-5-3-2-4-12-20(13,14)15/h2-12H2,1H3,(H2,13,14,15). The highest BCUT2D eigenvalue weighted by Crippen LogP contribution is 1.97. The summed E-state index contributed by atoms with van der Waals surface area (Å²) in [6.07, 6.45) is 2.21. The van der Waals surface area contributed by atoms with Crippen molar-refractivity contribution in [2.45, 2.75) is 19.3 Å². The lowest BCUT2D eigenvalue weighted by Gasteiger charge is -2.06. The van der Waals surface area contributed by atoms with Gasteiger partial charge in [-0.3, -0.25) is 0 Å². The third kappa shape index (κ3) is 17.8. The number of primary sulfonamides is 1. The van der Waals surface area contributed by atoms with Crippen LogP contribution in [0.2, 0.25) is 0 Å². The lowest BCUT2D eigenvalue weighted by Crippen LogP contribution is -2.16. The number of ether oxygens (including phenoxy) is 4. The molecule has 122 valence electrons. The van der Waals surface area contributed by atoms with Gasteiger partial charge in [-0.2, -0.15) is 0 Å². The second-order valence-electron chi connectivity index (χ2n) is 4.26. The Bertz CT molecular complexity index is 296. The lowest BCUT2D eigenvalue weighted by atomic mass is 10.3. The number of rotatable bonds is 15. The third-order valence-corrected chi connectivity index (χ3v) is 3.25. The van der Waals surface area contributed by atoms with E-state index in [0.29, 0.717) is 52.7 Å². The summed E-state index contributed by atoms with van der Waals surface area (Å²) >= 11 is 0.